The molecule has 0 heteroatoms. The molecular weight excluding hydrogens is 48.0 g/mol. The van der Waals surface area contributed by atoms with E-state index in [1.807, 2.05) is 0 Å². The largest absolute Gasteiger partial charge is 0.0312 e. The Hall–Kier alpha value is 0. The van der Waals surface area contributed by atoms with Crippen molar-refractivity contribution in [3.63, 3.8) is 0 Å². The van der Waals surface area contributed by atoms with Crippen LogP contribution in [-0.4, -0.2) is 0 Å². The second-order valence-electron chi connectivity index (χ2n) is 0.577. The van der Waals surface area contributed by atoms with Gasteiger partial charge in [0, 0.05) is 0 Å². The van der Waals surface area contributed by atoms with Gasteiger partial charge in [-0.2, -0.15) is 0 Å². The van der Waals surface area contributed by atoms with Crippen LogP contribution in [0.3, 0.4) is 0 Å². The lowest BCUT2D eigenvalue weighted by Crippen LogP contribution is -1.69. The van der Waals surface area contributed by atoms with Crippen LogP contribution in [0.2, 0.25) is 0 Å². The summed E-state index contributed by atoms with van der Waals surface area (Å²) in [6.07, 6.45) is 0. The predicted molar refractivity (Wildman–Crippen MR) is 16.4 cm³/mol. The molecule has 0 aromatic carbocycles. The second kappa shape index (κ2) is 1.33. The van der Waals surface area contributed by atoms with Gasteiger partial charge in [0.25, 0.3) is 0 Å². The first-order chi connectivity index (χ1) is 1.73. The van der Waals surface area contributed by atoms with Gasteiger partial charge in [-0.05, 0) is 26.7 Å². The molecule has 0 bridgehead atoms. The maximum atomic E-state index is 4.67. The van der Waals surface area contributed by atoms with Crippen LogP contribution in [0.15, 0.2) is 0 Å². The van der Waals surface area contributed by atoms with Crippen LogP contribution in [0, 0.1) is 26.7 Å². The Balaban J connectivity index is 2.32. The third-order valence-electron chi connectivity index (χ3n) is 0. The minimum atomic E-state index is -0.667. The Bertz CT molecular complexity index is 4.75. The molecule has 0 fully saturated rings. The lowest BCUT2D eigenvalue weighted by atomic mass is 10.3. The van der Waals surface area contributed by atoms with Crippen LogP contribution in [0.25, 0.3) is 0 Å². The number of rotatable bonds is 0. The fraction of sp³-hybridized carbons (Fsp3) is 0.250. The third-order valence-corrected chi connectivity index (χ3v) is 0. The monoisotopic (exact) mass is 52.0 g/mol. The fourth-order valence-corrected chi connectivity index (χ4v) is 0. The molecule has 4 heavy (non-hydrogen) atoms. The lowest BCUT2D eigenvalue weighted by molar-refractivity contribution is 1.06. The average Bonchev–Trinajstić information content (AvgIpc) is 0.811. The van der Waals surface area contributed by atoms with Gasteiger partial charge in [-0.15, -0.1) is 0 Å². The fourth-order valence-electron chi connectivity index (χ4n) is 0. The predicted octanol–water partition coefficient (Wildman–Crippen LogP) is 0.736. The van der Waals surface area contributed by atoms with Crippen molar-refractivity contribution in [3.8, 4) is 0 Å². The van der Waals surface area contributed by atoms with Gasteiger partial charge in [0.2, 0.25) is 0 Å². The standard InChI is InChI=1S/C4H4/c1-4(2)3/h1-4H. The maximum Gasteiger partial charge on any atom is -0.0312 e. The van der Waals surface area contributed by atoms with Crippen LogP contribution >= 0.6 is 0 Å². The van der Waals surface area contributed by atoms with Gasteiger partial charge in [0.15, 0.2) is 0 Å². The zero-order chi connectivity index (χ0) is 3.58. The van der Waals surface area contributed by atoms with Crippen molar-refractivity contribution < 1.29 is 0 Å². The van der Waals surface area contributed by atoms with Crippen LogP contribution < -0.4 is 0 Å². The summed E-state index contributed by atoms with van der Waals surface area (Å²) in [7, 11) is 0. The zero-order valence-electron chi connectivity index (χ0n) is 2.31. The van der Waals surface area contributed by atoms with Crippen molar-refractivity contribution >= 4 is 0 Å². The van der Waals surface area contributed by atoms with Crippen molar-refractivity contribution in [2.24, 2.45) is 5.92 Å². The third kappa shape index (κ3) is 0. The molecule has 0 rings (SSSR count). The van der Waals surface area contributed by atoms with Gasteiger partial charge in [-0.1, -0.05) is 0 Å². The normalized spacial score (nSPS) is 9.00. The molecule has 0 aliphatic rings. The minimum Gasteiger partial charge on any atom is -0.0312 e. The van der Waals surface area contributed by atoms with Gasteiger partial charge in [0.05, 0.1) is 0 Å². The van der Waals surface area contributed by atoms with Gasteiger partial charge in [0.1, 0.15) is 0 Å². The highest BCUT2D eigenvalue weighted by molar-refractivity contribution is 4.62. The first-order valence-electron chi connectivity index (χ1n) is 1.00. The summed E-state index contributed by atoms with van der Waals surface area (Å²) in [6.45, 7) is 14.0. The molecule has 0 amide bonds. The Labute approximate surface area is 27.8 Å². The molecule has 0 saturated heterocycles. The molecule has 20 valence electrons. The Morgan fingerprint density at radius 2 is 1.00 bits per heavy atom. The van der Waals surface area contributed by atoms with Gasteiger partial charge >= 0.3 is 0 Å². The molecule has 0 heterocycles. The first-order valence-corrected chi connectivity index (χ1v) is 1.00. The van der Waals surface area contributed by atoms with Crippen molar-refractivity contribution in [2.45, 2.75) is 0 Å². The Morgan fingerprint density at radius 1 is 1.00 bits per heavy atom. The Kier molecular flexibility index (Phi) is 1.33. The molecule has 0 unspecified atom stereocenters. The van der Waals surface area contributed by atoms with Crippen LogP contribution in [0.1, 0.15) is 0 Å². The molecule has 0 nitrogen and oxygen atoms in total. The maximum absolute atomic E-state index is 4.67. The summed E-state index contributed by atoms with van der Waals surface area (Å²) < 4.78 is 0. The average molecular weight is 52.1 g/mol. The molecule has 6 radical (unpaired) electrons. The minimum absolute atomic E-state index is 0.667. The first kappa shape index (κ1) is 4.00. The van der Waals surface area contributed by atoms with E-state index in [2.05, 4.69) is 20.8 Å². The Morgan fingerprint density at radius 3 is 1.00 bits per heavy atom. The van der Waals surface area contributed by atoms with E-state index in [0.717, 1.165) is 0 Å². The molecule has 0 spiro atoms. The van der Waals surface area contributed by atoms with E-state index in [9.17, 15) is 0 Å². The van der Waals surface area contributed by atoms with E-state index in [4.69, 9.17) is 0 Å². The second-order valence-corrected chi connectivity index (χ2v) is 0.577. The zero-order valence-corrected chi connectivity index (χ0v) is 2.31. The molecule has 0 aromatic heterocycles. The molecule has 0 N–H and O–H groups in total. The highest BCUT2D eigenvalue weighted by Crippen LogP contribution is 1.77. The summed E-state index contributed by atoms with van der Waals surface area (Å²) in [5, 5.41) is 0. The van der Waals surface area contributed by atoms with Gasteiger partial charge < -0.3 is 0 Å². The van der Waals surface area contributed by atoms with E-state index in [0.29, 0.717) is 0 Å². The molecule has 0 aliphatic carbocycles. The molecule has 0 saturated carbocycles. The summed E-state index contributed by atoms with van der Waals surface area (Å²) in [6, 6.07) is 0. The lowest BCUT2D eigenvalue weighted by Gasteiger charge is -1.76. The molecule has 0 atom stereocenters. The van der Waals surface area contributed by atoms with Crippen LogP contribution in [0.5, 0.6) is 0 Å². The highest BCUT2D eigenvalue weighted by atomic mass is 13.7. The van der Waals surface area contributed by atoms with E-state index in [1.54, 1.807) is 0 Å². The smallest absolute Gasteiger partial charge is 0.0312 e. The number of hydrogen-bond acceptors (Lipinski definition) is 0. The van der Waals surface area contributed by atoms with Crippen molar-refractivity contribution in [2.75, 3.05) is 0 Å². The summed E-state index contributed by atoms with van der Waals surface area (Å²) in [5.41, 5.74) is 0. The molecular formula is C4H4. The number of hydrogen-bond donors (Lipinski definition) is 0. The summed E-state index contributed by atoms with van der Waals surface area (Å²) in [4.78, 5) is 0. The molecule has 0 aliphatic heterocycles. The topological polar surface area (TPSA) is 0 Å². The van der Waals surface area contributed by atoms with Gasteiger partial charge in [-0.3, -0.25) is 0 Å². The van der Waals surface area contributed by atoms with Crippen molar-refractivity contribution in [3.05, 3.63) is 20.8 Å². The SMILES string of the molecule is [CH]C([CH])[CH]. The summed E-state index contributed by atoms with van der Waals surface area (Å²) >= 11 is 0. The van der Waals surface area contributed by atoms with E-state index < -0.39 is 5.92 Å². The highest BCUT2D eigenvalue weighted by Gasteiger charge is 1.70. The van der Waals surface area contributed by atoms with E-state index in [-0.39, 0.29) is 0 Å². The summed E-state index contributed by atoms with van der Waals surface area (Å²) in [5.74, 6) is -0.667. The van der Waals surface area contributed by atoms with Gasteiger partial charge in [-0.25, -0.2) is 0 Å². The van der Waals surface area contributed by atoms with E-state index in [1.165, 1.54) is 0 Å². The quantitative estimate of drug-likeness (QED) is 0.381. The van der Waals surface area contributed by atoms with E-state index >= 15 is 0 Å². The van der Waals surface area contributed by atoms with Crippen LogP contribution in [0.4, 0.5) is 0 Å². The van der Waals surface area contributed by atoms with Crippen molar-refractivity contribution in [1.82, 2.24) is 0 Å². The van der Waals surface area contributed by atoms with Crippen LogP contribution in [-0.2, 0) is 0 Å². The molecule has 0 aromatic rings. The van der Waals surface area contributed by atoms with Crippen molar-refractivity contribution in [1.29, 1.82) is 0 Å².